The largest absolute Gasteiger partial charge is 0.366 e. The number of primary amides is 1. The SMILES string of the molecule is NC(=O)c1ccc(Sc2ccc(C(=O)NC3CC4CNC3C4)cc2)cc1. The van der Waals surface area contributed by atoms with Gasteiger partial charge in [0, 0.05) is 33.0 Å². The fraction of sp³-hybridized carbons (Fsp3) is 0.300. The van der Waals surface area contributed by atoms with E-state index >= 15 is 0 Å². The molecule has 0 spiro atoms. The smallest absolute Gasteiger partial charge is 0.251 e. The highest BCUT2D eigenvalue weighted by atomic mass is 32.2. The van der Waals surface area contributed by atoms with Crippen LogP contribution in [0.15, 0.2) is 58.3 Å². The monoisotopic (exact) mass is 367 g/mol. The maximum absolute atomic E-state index is 12.5. The molecule has 2 aliphatic rings. The van der Waals surface area contributed by atoms with Gasteiger partial charge in [-0.2, -0.15) is 0 Å². The lowest BCUT2D eigenvalue weighted by molar-refractivity contribution is 0.0927. The fourth-order valence-electron chi connectivity index (χ4n) is 3.76. The van der Waals surface area contributed by atoms with Crippen LogP contribution in [0, 0.1) is 5.92 Å². The molecule has 3 unspecified atom stereocenters. The van der Waals surface area contributed by atoms with Crippen LogP contribution in [-0.4, -0.2) is 30.4 Å². The van der Waals surface area contributed by atoms with Gasteiger partial charge in [-0.05, 0) is 73.8 Å². The molecule has 1 saturated carbocycles. The van der Waals surface area contributed by atoms with Gasteiger partial charge in [0.25, 0.3) is 5.91 Å². The van der Waals surface area contributed by atoms with Crippen molar-refractivity contribution in [1.29, 1.82) is 0 Å². The van der Waals surface area contributed by atoms with Gasteiger partial charge >= 0.3 is 0 Å². The summed E-state index contributed by atoms with van der Waals surface area (Å²) in [7, 11) is 0. The number of nitrogens with one attached hydrogen (secondary N) is 2. The van der Waals surface area contributed by atoms with Gasteiger partial charge in [-0.15, -0.1) is 0 Å². The summed E-state index contributed by atoms with van der Waals surface area (Å²) < 4.78 is 0. The van der Waals surface area contributed by atoms with E-state index in [9.17, 15) is 9.59 Å². The van der Waals surface area contributed by atoms with Gasteiger partial charge in [0.15, 0.2) is 0 Å². The van der Waals surface area contributed by atoms with Crippen molar-refractivity contribution in [2.45, 2.75) is 34.7 Å². The first-order chi connectivity index (χ1) is 12.6. The van der Waals surface area contributed by atoms with Crippen LogP contribution in [0.25, 0.3) is 0 Å². The Balaban J connectivity index is 1.37. The zero-order valence-corrected chi connectivity index (χ0v) is 15.1. The van der Waals surface area contributed by atoms with Crippen molar-refractivity contribution in [2.24, 2.45) is 11.7 Å². The third kappa shape index (κ3) is 3.61. The van der Waals surface area contributed by atoms with Crippen molar-refractivity contribution in [3.63, 3.8) is 0 Å². The maximum atomic E-state index is 12.5. The minimum atomic E-state index is -0.428. The summed E-state index contributed by atoms with van der Waals surface area (Å²) >= 11 is 1.58. The first-order valence-corrected chi connectivity index (χ1v) is 9.62. The molecule has 0 radical (unpaired) electrons. The number of nitrogens with two attached hydrogens (primary N) is 1. The Morgan fingerprint density at radius 3 is 2.08 bits per heavy atom. The van der Waals surface area contributed by atoms with Crippen molar-refractivity contribution in [2.75, 3.05) is 6.54 Å². The number of fused-ring (bicyclic) bond motifs is 2. The molecule has 1 aliphatic carbocycles. The van der Waals surface area contributed by atoms with E-state index in [2.05, 4.69) is 10.6 Å². The molecule has 2 fully saturated rings. The molecule has 1 heterocycles. The third-order valence-electron chi connectivity index (χ3n) is 5.14. The predicted molar refractivity (Wildman–Crippen MR) is 101 cm³/mol. The topological polar surface area (TPSA) is 84.2 Å². The molecule has 6 heteroatoms. The van der Waals surface area contributed by atoms with Crippen LogP contribution in [0.2, 0.25) is 0 Å². The Morgan fingerprint density at radius 2 is 1.58 bits per heavy atom. The summed E-state index contributed by atoms with van der Waals surface area (Å²) in [4.78, 5) is 25.6. The van der Waals surface area contributed by atoms with Crippen molar-refractivity contribution >= 4 is 23.6 Å². The molecule has 2 bridgehead atoms. The van der Waals surface area contributed by atoms with Crippen molar-refractivity contribution in [1.82, 2.24) is 10.6 Å². The first-order valence-electron chi connectivity index (χ1n) is 8.80. The number of hydrogen-bond acceptors (Lipinski definition) is 4. The van der Waals surface area contributed by atoms with Gasteiger partial charge in [0.1, 0.15) is 0 Å². The summed E-state index contributed by atoms with van der Waals surface area (Å²) in [6.45, 7) is 1.09. The molecule has 1 saturated heterocycles. The Hall–Kier alpha value is -2.31. The normalized spacial score (nSPS) is 23.8. The molecular weight excluding hydrogens is 346 g/mol. The summed E-state index contributed by atoms with van der Waals surface area (Å²) in [6, 6.07) is 15.5. The summed E-state index contributed by atoms with van der Waals surface area (Å²) in [5.74, 6) is 0.277. The number of rotatable bonds is 5. The van der Waals surface area contributed by atoms with E-state index in [0.29, 0.717) is 23.1 Å². The van der Waals surface area contributed by atoms with Crippen molar-refractivity contribution in [3.05, 3.63) is 59.7 Å². The van der Waals surface area contributed by atoms with Crippen LogP contribution >= 0.6 is 11.8 Å². The van der Waals surface area contributed by atoms with Gasteiger partial charge < -0.3 is 16.4 Å². The van der Waals surface area contributed by atoms with Crippen LogP contribution in [-0.2, 0) is 0 Å². The number of carbonyl (C=O) groups is 2. The molecule has 2 aromatic rings. The molecule has 0 aromatic heterocycles. The van der Waals surface area contributed by atoms with E-state index < -0.39 is 5.91 Å². The number of hydrogen-bond donors (Lipinski definition) is 3. The van der Waals surface area contributed by atoms with Crippen LogP contribution in [0.1, 0.15) is 33.6 Å². The second-order valence-corrected chi connectivity index (χ2v) is 8.09. The zero-order chi connectivity index (χ0) is 18.1. The molecule has 3 atom stereocenters. The average molecular weight is 367 g/mol. The quantitative estimate of drug-likeness (QED) is 0.758. The van der Waals surface area contributed by atoms with Gasteiger partial charge in [-0.3, -0.25) is 9.59 Å². The zero-order valence-electron chi connectivity index (χ0n) is 14.3. The standard InChI is InChI=1S/C20H21N3O2S/c21-19(24)13-1-5-15(6-2-13)26-16-7-3-14(4-8-16)20(25)23-18-10-12-9-17(18)22-11-12/h1-8,12,17-18,22H,9-11H2,(H2,21,24)(H,23,25). The molecule has 5 nitrogen and oxygen atoms in total. The Labute approximate surface area is 156 Å². The van der Waals surface area contributed by atoms with E-state index in [1.165, 1.54) is 6.42 Å². The average Bonchev–Trinajstić information content (AvgIpc) is 3.26. The van der Waals surface area contributed by atoms with Gasteiger partial charge in [-0.25, -0.2) is 0 Å². The van der Waals surface area contributed by atoms with E-state index in [0.717, 1.165) is 22.8 Å². The second-order valence-electron chi connectivity index (χ2n) is 6.95. The molecule has 4 rings (SSSR count). The van der Waals surface area contributed by atoms with Crippen molar-refractivity contribution < 1.29 is 9.59 Å². The molecule has 134 valence electrons. The van der Waals surface area contributed by atoms with Crippen molar-refractivity contribution in [3.8, 4) is 0 Å². The number of piperidine rings is 1. The fourth-order valence-corrected chi connectivity index (χ4v) is 4.58. The van der Waals surface area contributed by atoms with E-state index in [-0.39, 0.29) is 11.9 Å². The highest BCUT2D eigenvalue weighted by molar-refractivity contribution is 7.99. The first kappa shape index (κ1) is 17.1. The lowest BCUT2D eigenvalue weighted by Gasteiger charge is -2.24. The molecule has 2 aromatic carbocycles. The predicted octanol–water partition coefficient (Wildman–Crippen LogP) is 2.42. The molecule has 26 heavy (non-hydrogen) atoms. The lowest BCUT2D eigenvalue weighted by Crippen LogP contribution is -2.47. The molecular formula is C20H21N3O2S. The maximum Gasteiger partial charge on any atom is 0.251 e. The summed E-state index contributed by atoms with van der Waals surface area (Å²) in [5, 5.41) is 6.62. The minimum absolute atomic E-state index is 0.00767. The Bertz CT molecular complexity index is 820. The van der Waals surface area contributed by atoms with Crippen LogP contribution in [0.4, 0.5) is 0 Å². The molecule has 1 aliphatic heterocycles. The third-order valence-corrected chi connectivity index (χ3v) is 6.15. The highest BCUT2D eigenvalue weighted by Crippen LogP contribution is 2.31. The number of amides is 2. The van der Waals surface area contributed by atoms with Crippen LogP contribution < -0.4 is 16.4 Å². The van der Waals surface area contributed by atoms with E-state index in [4.69, 9.17) is 5.73 Å². The number of benzene rings is 2. The summed E-state index contributed by atoms with van der Waals surface area (Å²) in [5.41, 5.74) is 6.43. The van der Waals surface area contributed by atoms with Crippen LogP contribution in [0.5, 0.6) is 0 Å². The molecule has 2 amide bonds. The van der Waals surface area contributed by atoms with Crippen LogP contribution in [0.3, 0.4) is 0 Å². The Morgan fingerprint density at radius 1 is 0.962 bits per heavy atom. The number of carbonyl (C=O) groups excluding carboxylic acids is 2. The minimum Gasteiger partial charge on any atom is -0.366 e. The second kappa shape index (κ2) is 7.13. The highest BCUT2D eigenvalue weighted by Gasteiger charge is 2.39. The summed E-state index contributed by atoms with van der Waals surface area (Å²) in [6.07, 6.45) is 2.26. The van der Waals surface area contributed by atoms with Gasteiger partial charge in [-0.1, -0.05) is 11.8 Å². The van der Waals surface area contributed by atoms with Gasteiger partial charge in [0.2, 0.25) is 5.91 Å². The lowest BCUT2D eigenvalue weighted by atomic mass is 10.1. The molecule has 4 N–H and O–H groups in total. The van der Waals surface area contributed by atoms with E-state index in [1.807, 2.05) is 36.4 Å². The van der Waals surface area contributed by atoms with Gasteiger partial charge in [0.05, 0.1) is 0 Å². The Kier molecular flexibility index (Phi) is 4.70. The van der Waals surface area contributed by atoms with E-state index in [1.54, 1.807) is 23.9 Å².